The molecule has 5 heteroatoms. The third kappa shape index (κ3) is 6.27. The molecule has 1 saturated carbocycles. The number of esters is 1. The number of hydrogen-bond donors (Lipinski definition) is 0. The molecule has 0 radical (unpaired) electrons. The van der Waals surface area contributed by atoms with Crippen LogP contribution in [0.25, 0.3) is 0 Å². The van der Waals surface area contributed by atoms with E-state index in [2.05, 4.69) is 4.74 Å². The molecule has 0 amide bonds. The fraction of sp³-hybridized carbons (Fsp3) is 0.692. The molecule has 100 valence electrons. The molecular weight excluding hydrogens is 236 g/mol. The zero-order chi connectivity index (χ0) is 13.4. The molecule has 1 aliphatic carbocycles. The first kappa shape index (κ1) is 14.5. The number of hydrogen-bond acceptors (Lipinski definition) is 5. The Kier molecular flexibility index (Phi) is 6.25. The predicted molar refractivity (Wildman–Crippen MR) is 62.9 cm³/mol. The molecule has 0 aromatic heterocycles. The Balaban J connectivity index is 0.000000180. The molecule has 2 aliphatic rings. The molecule has 5 nitrogen and oxygen atoms in total. The lowest BCUT2D eigenvalue weighted by molar-refractivity contribution is -0.142. The number of rotatable bonds is 0. The second-order valence-corrected chi connectivity index (χ2v) is 4.44. The number of ketones is 3. The van der Waals surface area contributed by atoms with Gasteiger partial charge in [0.05, 0.1) is 13.0 Å². The van der Waals surface area contributed by atoms with Crippen molar-refractivity contribution in [2.24, 2.45) is 0 Å². The summed E-state index contributed by atoms with van der Waals surface area (Å²) in [4.78, 5) is 42.4. The molecule has 0 bridgehead atoms. The van der Waals surface area contributed by atoms with Gasteiger partial charge in [0.15, 0.2) is 0 Å². The maximum absolute atomic E-state index is 10.7. The summed E-state index contributed by atoms with van der Waals surface area (Å²) in [6, 6.07) is 0. The maximum Gasteiger partial charge on any atom is 0.306 e. The van der Waals surface area contributed by atoms with Crippen molar-refractivity contribution in [1.29, 1.82) is 0 Å². The minimum atomic E-state index is -0.249. The lowest BCUT2D eigenvalue weighted by Gasteiger charge is -1.93. The van der Waals surface area contributed by atoms with Crippen molar-refractivity contribution in [3.05, 3.63) is 0 Å². The molecule has 0 N–H and O–H groups in total. The molecule has 2 fully saturated rings. The van der Waals surface area contributed by atoms with E-state index in [4.69, 9.17) is 0 Å². The van der Waals surface area contributed by atoms with Crippen LogP contribution >= 0.6 is 0 Å². The van der Waals surface area contributed by atoms with E-state index in [9.17, 15) is 19.2 Å². The number of cyclic esters (lactones) is 1. The average molecular weight is 254 g/mol. The standard InChI is InChI=1S/C7H10O2.C6H8O3/c8-6-2-1-3-7(9)5-4-6;7-5-1-2-6(8)9-4-3-5/h1-5H2;1-4H2. The SMILES string of the molecule is O=C1CCCC(=O)CC1.O=C1CCOC(=O)CC1. The Bertz CT molecular complexity index is 279. The molecule has 0 atom stereocenters. The van der Waals surface area contributed by atoms with Crippen molar-refractivity contribution < 1.29 is 23.9 Å². The van der Waals surface area contributed by atoms with Crippen molar-refractivity contribution in [3.63, 3.8) is 0 Å². The minimum absolute atomic E-state index is 0.126. The van der Waals surface area contributed by atoms with Gasteiger partial charge in [0, 0.05) is 38.5 Å². The van der Waals surface area contributed by atoms with Crippen LogP contribution in [0, 0.1) is 0 Å². The number of carbonyl (C=O) groups is 4. The first-order chi connectivity index (χ1) is 8.58. The van der Waals surface area contributed by atoms with Crippen LogP contribution in [0.4, 0.5) is 0 Å². The fourth-order valence-corrected chi connectivity index (χ4v) is 1.73. The van der Waals surface area contributed by atoms with E-state index in [1.807, 2.05) is 0 Å². The van der Waals surface area contributed by atoms with Crippen LogP contribution < -0.4 is 0 Å². The van der Waals surface area contributed by atoms with Crippen LogP contribution in [0.2, 0.25) is 0 Å². The highest BCUT2D eigenvalue weighted by Gasteiger charge is 2.13. The van der Waals surface area contributed by atoms with Gasteiger partial charge >= 0.3 is 5.97 Å². The van der Waals surface area contributed by atoms with E-state index in [1.165, 1.54) is 0 Å². The van der Waals surface area contributed by atoms with Crippen LogP contribution in [0.5, 0.6) is 0 Å². The minimum Gasteiger partial charge on any atom is -0.465 e. The van der Waals surface area contributed by atoms with Gasteiger partial charge in [0.2, 0.25) is 0 Å². The largest absolute Gasteiger partial charge is 0.465 e. The summed E-state index contributed by atoms with van der Waals surface area (Å²) in [5.74, 6) is 0.378. The highest BCUT2D eigenvalue weighted by atomic mass is 16.5. The molecule has 1 aliphatic heterocycles. The van der Waals surface area contributed by atoms with E-state index >= 15 is 0 Å². The number of ether oxygens (including phenoxy) is 1. The monoisotopic (exact) mass is 254 g/mol. The molecule has 0 aromatic carbocycles. The quantitative estimate of drug-likeness (QED) is 0.482. The molecule has 0 spiro atoms. The van der Waals surface area contributed by atoms with Crippen molar-refractivity contribution in [2.75, 3.05) is 6.61 Å². The summed E-state index contributed by atoms with van der Waals surface area (Å²) in [6.45, 7) is 0.275. The van der Waals surface area contributed by atoms with Crippen molar-refractivity contribution in [1.82, 2.24) is 0 Å². The Labute approximate surface area is 106 Å². The highest BCUT2D eigenvalue weighted by molar-refractivity contribution is 5.88. The first-order valence-electron chi connectivity index (χ1n) is 6.28. The summed E-state index contributed by atoms with van der Waals surface area (Å²) in [5.41, 5.74) is 0. The van der Waals surface area contributed by atoms with Gasteiger partial charge in [-0.3, -0.25) is 19.2 Å². The van der Waals surface area contributed by atoms with Gasteiger partial charge < -0.3 is 4.74 Å². The van der Waals surface area contributed by atoms with Crippen LogP contribution in [0.3, 0.4) is 0 Å². The first-order valence-corrected chi connectivity index (χ1v) is 6.28. The van der Waals surface area contributed by atoms with E-state index in [-0.39, 0.29) is 36.3 Å². The molecule has 0 aromatic rings. The Morgan fingerprint density at radius 2 is 1.11 bits per heavy atom. The van der Waals surface area contributed by atoms with Gasteiger partial charge in [-0.1, -0.05) is 0 Å². The van der Waals surface area contributed by atoms with Crippen molar-refractivity contribution >= 4 is 23.3 Å². The lowest BCUT2D eigenvalue weighted by Crippen LogP contribution is -2.00. The smallest absolute Gasteiger partial charge is 0.306 e. The van der Waals surface area contributed by atoms with Gasteiger partial charge in [-0.15, -0.1) is 0 Å². The Morgan fingerprint density at radius 1 is 0.611 bits per heavy atom. The predicted octanol–water partition coefficient (Wildman–Crippen LogP) is 1.37. The van der Waals surface area contributed by atoms with E-state index < -0.39 is 0 Å². The highest BCUT2D eigenvalue weighted by Crippen LogP contribution is 2.10. The topological polar surface area (TPSA) is 77.5 Å². The zero-order valence-electron chi connectivity index (χ0n) is 10.4. The number of carbonyl (C=O) groups excluding carboxylic acids is 4. The summed E-state index contributed by atoms with van der Waals surface area (Å²) in [6.07, 6.45) is 4.00. The second kappa shape index (κ2) is 7.74. The lowest BCUT2D eigenvalue weighted by atomic mass is 10.2. The van der Waals surface area contributed by atoms with Crippen molar-refractivity contribution in [2.45, 2.75) is 51.4 Å². The molecular formula is C13H18O5. The van der Waals surface area contributed by atoms with Gasteiger partial charge in [-0.05, 0) is 6.42 Å². The van der Waals surface area contributed by atoms with Crippen molar-refractivity contribution in [3.8, 4) is 0 Å². The number of Topliss-reactive ketones (excluding diaryl/α,β-unsaturated/α-hetero) is 3. The average Bonchev–Trinajstić information content (AvgIpc) is 2.63. The Morgan fingerprint density at radius 3 is 1.72 bits per heavy atom. The van der Waals surface area contributed by atoms with Crippen LogP contribution in [0.15, 0.2) is 0 Å². The van der Waals surface area contributed by atoms with E-state index in [0.717, 1.165) is 6.42 Å². The summed E-state index contributed by atoms with van der Waals surface area (Å²) >= 11 is 0. The van der Waals surface area contributed by atoms with Gasteiger partial charge in [0.25, 0.3) is 0 Å². The summed E-state index contributed by atoms with van der Waals surface area (Å²) < 4.78 is 4.61. The molecule has 1 heterocycles. The maximum atomic E-state index is 10.7. The molecule has 0 unspecified atom stereocenters. The van der Waals surface area contributed by atoms with Crippen LogP contribution in [0.1, 0.15) is 51.4 Å². The zero-order valence-corrected chi connectivity index (χ0v) is 10.4. The third-order valence-corrected chi connectivity index (χ3v) is 2.85. The third-order valence-electron chi connectivity index (χ3n) is 2.85. The van der Waals surface area contributed by atoms with Crippen LogP contribution in [-0.2, 0) is 23.9 Å². The normalized spacial score (nSPS) is 21.3. The van der Waals surface area contributed by atoms with E-state index in [0.29, 0.717) is 38.5 Å². The van der Waals surface area contributed by atoms with Gasteiger partial charge in [0.1, 0.15) is 17.3 Å². The summed E-state index contributed by atoms with van der Waals surface area (Å²) in [7, 11) is 0. The molecule has 1 saturated heterocycles. The fourth-order valence-electron chi connectivity index (χ4n) is 1.73. The Hall–Kier alpha value is -1.52. The molecule has 2 rings (SSSR count). The summed E-state index contributed by atoms with van der Waals surface area (Å²) in [5, 5.41) is 0. The molecule has 18 heavy (non-hydrogen) atoms. The van der Waals surface area contributed by atoms with E-state index in [1.54, 1.807) is 0 Å². The van der Waals surface area contributed by atoms with Crippen LogP contribution in [-0.4, -0.2) is 29.9 Å². The van der Waals surface area contributed by atoms with Gasteiger partial charge in [-0.25, -0.2) is 0 Å². The van der Waals surface area contributed by atoms with Gasteiger partial charge in [-0.2, -0.15) is 0 Å². The second-order valence-electron chi connectivity index (χ2n) is 4.44.